The Kier molecular flexibility index (Phi) is 11.5. The van der Waals surface area contributed by atoms with Crippen LogP contribution in [0.15, 0.2) is 0 Å². The van der Waals surface area contributed by atoms with Gasteiger partial charge in [0.2, 0.25) is 0 Å². The fourth-order valence-corrected chi connectivity index (χ4v) is 5.04. The number of nitrogens with one attached hydrogen (secondary N) is 1. The van der Waals surface area contributed by atoms with E-state index in [1.807, 2.05) is 20.8 Å². The molecule has 0 aliphatic rings. The van der Waals surface area contributed by atoms with E-state index in [0.29, 0.717) is 39.3 Å². The smallest absolute Gasteiger partial charge is 0.500 e. The third-order valence-corrected chi connectivity index (χ3v) is 6.62. The molecule has 0 saturated heterocycles. The van der Waals surface area contributed by atoms with E-state index in [1.165, 1.54) is 0 Å². The lowest BCUT2D eigenvalue weighted by Crippen LogP contribution is -2.46. The Morgan fingerprint density at radius 3 is 1.86 bits per heavy atom. The zero-order chi connectivity index (χ0) is 16.2. The van der Waals surface area contributed by atoms with Gasteiger partial charge in [-0.2, -0.15) is 0 Å². The summed E-state index contributed by atoms with van der Waals surface area (Å²) >= 11 is 0. The molecule has 0 aliphatic carbocycles. The van der Waals surface area contributed by atoms with E-state index in [2.05, 4.69) is 5.32 Å². The van der Waals surface area contributed by atoms with E-state index in [9.17, 15) is 13.0 Å². The van der Waals surface area contributed by atoms with Crippen molar-refractivity contribution in [2.45, 2.75) is 39.7 Å². The number of rotatable bonds is 14. The minimum absolute atomic E-state index is 0.324. The summed E-state index contributed by atoms with van der Waals surface area (Å²) in [5.41, 5.74) is 0. The van der Waals surface area contributed by atoms with Gasteiger partial charge in [0, 0.05) is 31.6 Å². The summed E-state index contributed by atoms with van der Waals surface area (Å²) in [5, 5.41) is 3.11. The molecule has 9 heteroatoms. The third-order valence-electron chi connectivity index (χ3n) is 2.68. The van der Waals surface area contributed by atoms with Gasteiger partial charge in [-0.25, -0.2) is 8.42 Å². The molecule has 0 aromatic carbocycles. The van der Waals surface area contributed by atoms with Crippen molar-refractivity contribution < 1.29 is 26.2 Å². The topological polar surface area (TPSA) is 96.9 Å². The van der Waals surface area contributed by atoms with Gasteiger partial charge in [0.1, 0.15) is 0 Å². The molecule has 0 spiro atoms. The molecule has 0 radical (unpaired) electrons. The summed E-state index contributed by atoms with van der Waals surface area (Å²) in [7, 11) is -6.69. The lowest BCUT2D eigenvalue weighted by atomic mass is 10.4. The number of hydrogen-bond acceptors (Lipinski definition) is 7. The molecule has 0 saturated carbocycles. The Morgan fingerprint density at radius 1 is 0.952 bits per heavy atom. The van der Waals surface area contributed by atoms with Crippen molar-refractivity contribution >= 4 is 18.9 Å². The highest BCUT2D eigenvalue weighted by atomic mass is 32.2. The lowest BCUT2D eigenvalue weighted by Gasteiger charge is -2.28. The van der Waals surface area contributed by atoms with Gasteiger partial charge in [-0.1, -0.05) is 0 Å². The molecule has 0 bridgehead atoms. The van der Waals surface area contributed by atoms with E-state index < -0.39 is 18.9 Å². The molecular weight excluding hydrogens is 314 g/mol. The van der Waals surface area contributed by atoms with Crippen LogP contribution in [0.5, 0.6) is 0 Å². The Balaban J connectivity index is 3.96. The molecule has 0 aromatic rings. The van der Waals surface area contributed by atoms with E-state index in [0.717, 1.165) is 12.5 Å². The highest BCUT2D eigenvalue weighted by molar-refractivity contribution is 7.85. The van der Waals surface area contributed by atoms with Crippen LogP contribution in [0.1, 0.15) is 33.6 Å². The summed E-state index contributed by atoms with van der Waals surface area (Å²) in [4.78, 5) is 0. The summed E-state index contributed by atoms with van der Waals surface area (Å²) in [6.07, 6.45) is 1.15. The predicted molar refractivity (Wildman–Crippen MR) is 82.1 cm³/mol. The van der Waals surface area contributed by atoms with E-state index in [-0.39, 0.29) is 5.75 Å². The summed E-state index contributed by atoms with van der Waals surface area (Å²) < 4.78 is 48.5. The molecule has 0 unspecified atom stereocenters. The van der Waals surface area contributed by atoms with Crippen molar-refractivity contribution in [3.8, 4) is 0 Å². The van der Waals surface area contributed by atoms with Crippen molar-refractivity contribution in [2.24, 2.45) is 0 Å². The highest BCUT2D eigenvalue weighted by Crippen LogP contribution is 2.17. The molecule has 0 heterocycles. The van der Waals surface area contributed by atoms with Gasteiger partial charge in [0.15, 0.2) is 0 Å². The highest BCUT2D eigenvalue weighted by Gasteiger charge is 2.39. The second-order valence-corrected chi connectivity index (χ2v) is 8.71. The molecule has 7 nitrogen and oxygen atoms in total. The average Bonchev–Trinajstić information content (AvgIpc) is 2.37. The van der Waals surface area contributed by atoms with E-state index in [1.54, 1.807) is 0 Å². The van der Waals surface area contributed by atoms with Gasteiger partial charge in [0.25, 0.3) is 0 Å². The van der Waals surface area contributed by atoms with Crippen molar-refractivity contribution in [1.29, 1.82) is 0 Å². The van der Waals surface area contributed by atoms with Crippen molar-refractivity contribution in [2.75, 3.05) is 38.7 Å². The SMILES string of the molecule is CCO[Si](CCCNCCCS(=O)(=O)[O-])(OCC)OCC. The van der Waals surface area contributed by atoms with Gasteiger partial charge in [-0.05, 0) is 46.7 Å². The standard InChI is InChI=1S/C12H29NO6SSi/c1-4-17-21(18-5-2,19-6-3)12-8-10-13-9-7-11-20(14,15)16/h13H,4-12H2,1-3H3,(H,14,15,16)/p-1. The van der Waals surface area contributed by atoms with Crippen LogP contribution in [0.3, 0.4) is 0 Å². The van der Waals surface area contributed by atoms with Gasteiger partial charge in [-0.15, -0.1) is 0 Å². The second-order valence-electron chi connectivity index (χ2n) is 4.45. The first kappa shape index (κ1) is 21.0. The van der Waals surface area contributed by atoms with Crippen LogP contribution >= 0.6 is 0 Å². The van der Waals surface area contributed by atoms with Gasteiger partial charge in [0.05, 0.1) is 10.1 Å². The third kappa shape index (κ3) is 11.2. The van der Waals surface area contributed by atoms with Crippen molar-refractivity contribution in [3.05, 3.63) is 0 Å². The average molecular weight is 343 g/mol. The largest absolute Gasteiger partial charge is 0.748 e. The zero-order valence-electron chi connectivity index (χ0n) is 13.2. The summed E-state index contributed by atoms with van der Waals surface area (Å²) in [6, 6.07) is 0.718. The first-order valence-electron chi connectivity index (χ1n) is 7.45. The van der Waals surface area contributed by atoms with Crippen LogP contribution in [0.25, 0.3) is 0 Å². The lowest BCUT2D eigenvalue weighted by molar-refractivity contribution is 0.0708. The molecule has 0 fully saturated rings. The van der Waals surface area contributed by atoms with Crippen molar-refractivity contribution in [3.63, 3.8) is 0 Å². The minimum Gasteiger partial charge on any atom is -0.748 e. The maximum absolute atomic E-state index is 10.4. The Labute approximate surface area is 129 Å². The minimum atomic E-state index is -4.11. The van der Waals surface area contributed by atoms with Crippen LogP contribution < -0.4 is 5.32 Å². The monoisotopic (exact) mass is 342 g/mol. The molecule has 0 aliphatic heterocycles. The first-order chi connectivity index (χ1) is 9.89. The van der Waals surface area contributed by atoms with Crippen LogP contribution in [0, 0.1) is 0 Å². The maximum Gasteiger partial charge on any atom is 0.500 e. The zero-order valence-corrected chi connectivity index (χ0v) is 15.0. The van der Waals surface area contributed by atoms with E-state index >= 15 is 0 Å². The molecule has 0 aromatic heterocycles. The molecule has 1 N–H and O–H groups in total. The maximum atomic E-state index is 10.4. The van der Waals surface area contributed by atoms with Crippen LogP contribution in [-0.2, 0) is 23.4 Å². The fraction of sp³-hybridized carbons (Fsp3) is 1.00. The molecule has 0 amide bonds. The van der Waals surface area contributed by atoms with Gasteiger partial charge >= 0.3 is 8.80 Å². The Bertz CT molecular complexity index is 335. The summed E-state index contributed by atoms with van der Waals surface area (Å²) in [6.45, 7) is 8.64. The second kappa shape index (κ2) is 11.5. The first-order valence-corrected chi connectivity index (χ1v) is 11.0. The molecule has 21 heavy (non-hydrogen) atoms. The quantitative estimate of drug-likeness (QED) is 0.285. The molecule has 128 valence electrons. The Morgan fingerprint density at radius 2 is 1.43 bits per heavy atom. The molecule has 0 atom stereocenters. The van der Waals surface area contributed by atoms with Crippen molar-refractivity contribution in [1.82, 2.24) is 5.32 Å². The van der Waals surface area contributed by atoms with Crippen LogP contribution in [0.2, 0.25) is 6.04 Å². The van der Waals surface area contributed by atoms with Gasteiger partial charge in [-0.3, -0.25) is 0 Å². The number of hydrogen-bond donors (Lipinski definition) is 1. The summed E-state index contributed by atoms with van der Waals surface area (Å²) in [5.74, 6) is -0.324. The van der Waals surface area contributed by atoms with E-state index in [4.69, 9.17) is 13.3 Å². The molecular formula is C12H28NO6SSi-. The Hall–Kier alpha value is -0.0331. The predicted octanol–water partition coefficient (Wildman–Crippen LogP) is 0.950. The normalized spacial score (nSPS) is 12.8. The molecule has 0 rings (SSSR count). The van der Waals surface area contributed by atoms with Crippen LogP contribution in [0.4, 0.5) is 0 Å². The van der Waals surface area contributed by atoms with Crippen LogP contribution in [-0.4, -0.2) is 60.4 Å². The fourth-order valence-electron chi connectivity index (χ4n) is 1.93. The van der Waals surface area contributed by atoms with Gasteiger partial charge < -0.3 is 23.1 Å².